The lowest BCUT2D eigenvalue weighted by atomic mass is 10.2. The molecule has 1 atom stereocenters. The predicted octanol–water partition coefficient (Wildman–Crippen LogP) is 2.01. The van der Waals surface area contributed by atoms with Gasteiger partial charge in [0.15, 0.2) is 0 Å². The van der Waals surface area contributed by atoms with Gasteiger partial charge in [0.2, 0.25) is 5.91 Å². The molecule has 1 aliphatic rings. The van der Waals surface area contributed by atoms with Gasteiger partial charge in [-0.2, -0.15) is 0 Å². The van der Waals surface area contributed by atoms with Crippen molar-refractivity contribution in [1.29, 1.82) is 0 Å². The average molecular weight is 261 g/mol. The molecule has 1 saturated heterocycles. The smallest absolute Gasteiger partial charge is 0.244 e. The molecule has 94 valence electrons. The van der Waals surface area contributed by atoms with E-state index in [9.17, 15) is 4.79 Å². The van der Waals surface area contributed by atoms with Crippen LogP contribution in [0.4, 0.5) is 5.69 Å². The summed E-state index contributed by atoms with van der Waals surface area (Å²) < 4.78 is 1.13. The van der Waals surface area contributed by atoms with Gasteiger partial charge in [0.1, 0.15) is 0 Å². The summed E-state index contributed by atoms with van der Waals surface area (Å²) in [5.74, 6) is 0.181. The van der Waals surface area contributed by atoms with E-state index in [4.69, 9.17) is 0 Å². The highest BCUT2D eigenvalue weighted by molar-refractivity contribution is 7.16. The molecule has 18 heavy (non-hydrogen) atoms. The van der Waals surface area contributed by atoms with Crippen LogP contribution in [0.5, 0.6) is 0 Å². The number of anilines is 1. The second-order valence-corrected chi connectivity index (χ2v) is 5.28. The van der Waals surface area contributed by atoms with Gasteiger partial charge < -0.3 is 10.2 Å². The van der Waals surface area contributed by atoms with Gasteiger partial charge in [-0.25, -0.2) is 4.98 Å². The Kier molecular flexibility index (Phi) is 3.01. The minimum atomic E-state index is -0.0212. The highest BCUT2D eigenvalue weighted by atomic mass is 32.1. The molecule has 1 aromatic heterocycles. The van der Waals surface area contributed by atoms with E-state index in [0.29, 0.717) is 0 Å². The standard InChI is InChI=1S/C13H15N3OS/c1-2-14-11-5-6-16(13(11)17)9-3-4-10-12(7-9)18-8-15-10/h3-4,7-8,11,14H,2,5-6H2,1H3. The van der Waals surface area contributed by atoms with Gasteiger partial charge in [0, 0.05) is 12.2 Å². The number of hydrogen-bond donors (Lipinski definition) is 1. The molecule has 1 fully saturated rings. The Morgan fingerprint density at radius 2 is 2.44 bits per heavy atom. The van der Waals surface area contributed by atoms with Crippen LogP contribution in [0.3, 0.4) is 0 Å². The zero-order chi connectivity index (χ0) is 12.5. The summed E-state index contributed by atoms with van der Waals surface area (Å²) >= 11 is 1.61. The first kappa shape index (κ1) is 11.6. The van der Waals surface area contributed by atoms with E-state index >= 15 is 0 Å². The monoisotopic (exact) mass is 261 g/mol. The number of nitrogens with zero attached hydrogens (tertiary/aromatic N) is 2. The SMILES string of the molecule is CCNC1CCN(c2ccc3ncsc3c2)C1=O. The van der Waals surface area contributed by atoms with Crippen LogP contribution in [-0.4, -0.2) is 30.0 Å². The molecular weight excluding hydrogens is 246 g/mol. The van der Waals surface area contributed by atoms with Crippen molar-refractivity contribution in [3.05, 3.63) is 23.7 Å². The number of aromatic nitrogens is 1. The summed E-state index contributed by atoms with van der Waals surface area (Å²) in [6.45, 7) is 3.65. The molecule has 5 heteroatoms. The summed E-state index contributed by atoms with van der Waals surface area (Å²) in [7, 11) is 0. The maximum atomic E-state index is 12.2. The molecule has 4 nitrogen and oxygen atoms in total. The maximum absolute atomic E-state index is 12.2. The quantitative estimate of drug-likeness (QED) is 0.919. The summed E-state index contributed by atoms with van der Waals surface area (Å²) in [5, 5.41) is 3.23. The molecule has 1 N–H and O–H groups in total. The Bertz CT molecular complexity index is 580. The Hall–Kier alpha value is -1.46. The fraction of sp³-hybridized carbons (Fsp3) is 0.385. The van der Waals surface area contributed by atoms with Gasteiger partial charge in [-0.15, -0.1) is 11.3 Å². The van der Waals surface area contributed by atoms with Gasteiger partial charge in [-0.1, -0.05) is 6.92 Å². The van der Waals surface area contributed by atoms with Gasteiger partial charge in [0.05, 0.1) is 21.8 Å². The third-order valence-corrected chi connectivity index (χ3v) is 4.07. The molecule has 0 bridgehead atoms. The third kappa shape index (κ3) is 1.89. The van der Waals surface area contributed by atoms with Crippen LogP contribution in [0.2, 0.25) is 0 Å². The molecule has 2 heterocycles. The van der Waals surface area contributed by atoms with Crippen LogP contribution in [0.25, 0.3) is 10.2 Å². The van der Waals surface area contributed by atoms with E-state index in [1.54, 1.807) is 11.3 Å². The lowest BCUT2D eigenvalue weighted by Crippen LogP contribution is -2.38. The number of fused-ring (bicyclic) bond motifs is 1. The van der Waals surface area contributed by atoms with Crippen molar-refractivity contribution in [2.75, 3.05) is 18.0 Å². The molecule has 1 aromatic carbocycles. The van der Waals surface area contributed by atoms with E-state index in [2.05, 4.69) is 16.4 Å². The highest BCUT2D eigenvalue weighted by Gasteiger charge is 2.31. The van der Waals surface area contributed by atoms with Gasteiger partial charge >= 0.3 is 0 Å². The largest absolute Gasteiger partial charge is 0.311 e. The van der Waals surface area contributed by atoms with Crippen molar-refractivity contribution in [2.24, 2.45) is 0 Å². The normalized spacial score (nSPS) is 19.9. The number of hydrogen-bond acceptors (Lipinski definition) is 4. The fourth-order valence-corrected chi connectivity index (χ4v) is 3.09. The molecule has 2 aromatic rings. The number of thiazole rings is 1. The van der Waals surface area contributed by atoms with E-state index in [-0.39, 0.29) is 11.9 Å². The molecule has 0 radical (unpaired) electrons. The summed E-state index contributed by atoms with van der Waals surface area (Å²) in [6, 6.07) is 6.00. The van der Waals surface area contributed by atoms with Crippen molar-refractivity contribution in [3.63, 3.8) is 0 Å². The molecule has 1 amide bonds. The van der Waals surface area contributed by atoms with Gasteiger partial charge in [-0.3, -0.25) is 4.79 Å². The lowest BCUT2D eigenvalue weighted by molar-refractivity contribution is -0.118. The minimum absolute atomic E-state index is 0.0212. The van der Waals surface area contributed by atoms with E-state index in [0.717, 1.165) is 35.4 Å². The first-order valence-electron chi connectivity index (χ1n) is 6.17. The summed E-state index contributed by atoms with van der Waals surface area (Å²) in [6.07, 6.45) is 0.882. The summed E-state index contributed by atoms with van der Waals surface area (Å²) in [5.41, 5.74) is 3.82. The number of likely N-dealkylation sites (N-methyl/N-ethyl adjacent to an activating group) is 1. The molecule has 3 rings (SSSR count). The van der Waals surface area contributed by atoms with Crippen molar-refractivity contribution in [2.45, 2.75) is 19.4 Å². The zero-order valence-electron chi connectivity index (χ0n) is 10.2. The highest BCUT2D eigenvalue weighted by Crippen LogP contribution is 2.27. The molecule has 1 aliphatic heterocycles. The number of rotatable bonds is 3. The number of nitrogens with one attached hydrogen (secondary N) is 1. The Balaban J connectivity index is 1.88. The second-order valence-electron chi connectivity index (χ2n) is 4.39. The predicted molar refractivity (Wildman–Crippen MR) is 74.1 cm³/mol. The minimum Gasteiger partial charge on any atom is -0.311 e. The van der Waals surface area contributed by atoms with Crippen LogP contribution < -0.4 is 10.2 Å². The average Bonchev–Trinajstić information content (AvgIpc) is 2.97. The topological polar surface area (TPSA) is 45.2 Å². The fourth-order valence-electron chi connectivity index (χ4n) is 2.38. The number of benzene rings is 1. The van der Waals surface area contributed by atoms with Crippen molar-refractivity contribution >= 4 is 33.1 Å². The van der Waals surface area contributed by atoms with E-state index in [1.165, 1.54) is 0 Å². The molecule has 0 saturated carbocycles. The number of amides is 1. The van der Waals surface area contributed by atoms with Crippen molar-refractivity contribution in [3.8, 4) is 0 Å². The molecule has 0 spiro atoms. The van der Waals surface area contributed by atoms with Crippen LogP contribution in [0.1, 0.15) is 13.3 Å². The zero-order valence-corrected chi connectivity index (χ0v) is 11.0. The van der Waals surface area contributed by atoms with E-state index in [1.807, 2.05) is 29.5 Å². The van der Waals surface area contributed by atoms with Crippen molar-refractivity contribution in [1.82, 2.24) is 10.3 Å². The van der Waals surface area contributed by atoms with Gasteiger partial charge in [0.25, 0.3) is 0 Å². The summed E-state index contributed by atoms with van der Waals surface area (Å²) in [4.78, 5) is 18.3. The van der Waals surface area contributed by atoms with Crippen molar-refractivity contribution < 1.29 is 4.79 Å². The first-order chi connectivity index (χ1) is 8.79. The third-order valence-electron chi connectivity index (χ3n) is 3.28. The van der Waals surface area contributed by atoms with E-state index < -0.39 is 0 Å². The maximum Gasteiger partial charge on any atom is 0.244 e. The van der Waals surface area contributed by atoms with Crippen LogP contribution in [-0.2, 0) is 4.79 Å². The number of carbonyl (C=O) groups excluding carboxylic acids is 1. The Morgan fingerprint density at radius 1 is 1.56 bits per heavy atom. The second kappa shape index (κ2) is 4.66. The Morgan fingerprint density at radius 3 is 3.28 bits per heavy atom. The Labute approximate surface area is 110 Å². The number of carbonyl (C=O) groups is 1. The lowest BCUT2D eigenvalue weighted by Gasteiger charge is -2.17. The molecular formula is C13H15N3OS. The van der Waals surface area contributed by atoms with Crippen LogP contribution in [0.15, 0.2) is 23.7 Å². The van der Waals surface area contributed by atoms with Crippen LogP contribution >= 0.6 is 11.3 Å². The molecule has 0 aliphatic carbocycles. The van der Waals surface area contributed by atoms with Gasteiger partial charge in [-0.05, 0) is 31.2 Å². The molecule has 1 unspecified atom stereocenters. The first-order valence-corrected chi connectivity index (χ1v) is 7.05. The van der Waals surface area contributed by atoms with Crippen LogP contribution in [0, 0.1) is 0 Å².